The van der Waals surface area contributed by atoms with E-state index in [0.29, 0.717) is 30.2 Å². The number of amides is 1. The summed E-state index contributed by atoms with van der Waals surface area (Å²) >= 11 is 0. The lowest BCUT2D eigenvalue weighted by Gasteiger charge is -2.26. The van der Waals surface area contributed by atoms with Gasteiger partial charge in [0.2, 0.25) is 0 Å². The Morgan fingerprint density at radius 1 is 1.00 bits per heavy atom. The number of aromatic nitrogens is 1. The van der Waals surface area contributed by atoms with E-state index in [1.54, 1.807) is 69.3 Å². The molecule has 3 rings (SSSR count). The third-order valence-electron chi connectivity index (χ3n) is 5.20. The van der Waals surface area contributed by atoms with Crippen molar-refractivity contribution in [3.8, 4) is 5.75 Å². The highest BCUT2D eigenvalue weighted by Gasteiger charge is 2.31. The number of hydrogen-bond acceptors (Lipinski definition) is 9. The number of ether oxygens (including phenoxy) is 2. The highest BCUT2D eigenvalue weighted by Crippen LogP contribution is 2.24. The summed E-state index contributed by atoms with van der Waals surface area (Å²) in [6.45, 7) is 5.18. The first-order valence-corrected chi connectivity index (χ1v) is 12.9. The molecule has 0 radical (unpaired) electrons. The lowest BCUT2D eigenvalue weighted by Crippen LogP contribution is -2.36. The second-order valence-corrected chi connectivity index (χ2v) is 9.96. The Kier molecular flexibility index (Phi) is 9.55. The summed E-state index contributed by atoms with van der Waals surface area (Å²) in [5.74, 6) is -1.33. The number of benzene rings is 2. The van der Waals surface area contributed by atoms with Crippen molar-refractivity contribution in [3.63, 3.8) is 0 Å². The first-order chi connectivity index (χ1) is 18.0. The number of nitrogen functional groups attached to an aromatic ring is 1. The zero-order valence-electron chi connectivity index (χ0n) is 21.4. The molecule has 10 nitrogen and oxygen atoms in total. The second-order valence-electron chi connectivity index (χ2n) is 9.36. The molecule has 1 amide bonds. The van der Waals surface area contributed by atoms with Gasteiger partial charge in [-0.3, -0.25) is 9.59 Å². The fourth-order valence-corrected chi connectivity index (χ4v) is 3.84. The SMILES string of the molecule is CC(C)(C)OC(=O)[C@H](CN(N=S(=O)=O)C(=O)c1ccc(OCCc2cccc(N)n2)cc1)c1ccccc1. The Balaban J connectivity index is 1.76. The van der Waals surface area contributed by atoms with Gasteiger partial charge < -0.3 is 15.2 Å². The van der Waals surface area contributed by atoms with Crippen molar-refractivity contribution in [2.24, 2.45) is 4.47 Å². The summed E-state index contributed by atoms with van der Waals surface area (Å²) < 4.78 is 37.6. The largest absolute Gasteiger partial charge is 0.493 e. The summed E-state index contributed by atoms with van der Waals surface area (Å²) in [5, 5.41) is 0.756. The van der Waals surface area contributed by atoms with Crippen LogP contribution in [0.5, 0.6) is 5.75 Å². The van der Waals surface area contributed by atoms with Crippen LogP contribution in [0, 0.1) is 0 Å². The van der Waals surface area contributed by atoms with Gasteiger partial charge in [-0.1, -0.05) is 36.4 Å². The van der Waals surface area contributed by atoms with E-state index in [2.05, 4.69) is 9.46 Å². The maximum Gasteiger partial charge on any atom is 0.333 e. The average Bonchev–Trinajstić information content (AvgIpc) is 2.86. The molecule has 38 heavy (non-hydrogen) atoms. The highest BCUT2D eigenvalue weighted by atomic mass is 32.2. The molecule has 0 aliphatic carbocycles. The summed E-state index contributed by atoms with van der Waals surface area (Å²) in [7, 11) is -2.94. The van der Waals surface area contributed by atoms with E-state index in [-0.39, 0.29) is 12.1 Å². The van der Waals surface area contributed by atoms with Gasteiger partial charge in [0.1, 0.15) is 23.1 Å². The van der Waals surface area contributed by atoms with E-state index in [1.807, 2.05) is 12.1 Å². The Bertz CT molecular complexity index is 1380. The molecule has 11 heteroatoms. The lowest BCUT2D eigenvalue weighted by atomic mass is 9.98. The minimum absolute atomic E-state index is 0.167. The summed E-state index contributed by atoms with van der Waals surface area (Å²) in [6.07, 6.45) is 0.541. The molecule has 200 valence electrons. The predicted molar refractivity (Wildman–Crippen MR) is 142 cm³/mol. The maximum absolute atomic E-state index is 13.2. The Labute approximate surface area is 223 Å². The Morgan fingerprint density at radius 2 is 1.68 bits per heavy atom. The molecule has 0 fully saturated rings. The van der Waals surface area contributed by atoms with E-state index in [0.717, 1.165) is 10.7 Å². The quantitative estimate of drug-likeness (QED) is 0.303. The molecule has 0 saturated carbocycles. The maximum atomic E-state index is 13.2. The Morgan fingerprint density at radius 3 is 2.29 bits per heavy atom. The number of carbonyl (C=O) groups excluding carboxylic acids is 2. The number of carbonyl (C=O) groups is 2. The normalized spacial score (nSPS) is 11.8. The third kappa shape index (κ3) is 8.70. The van der Waals surface area contributed by atoms with Gasteiger partial charge in [-0.2, -0.15) is 8.42 Å². The molecule has 1 aromatic heterocycles. The molecule has 0 unspecified atom stereocenters. The van der Waals surface area contributed by atoms with E-state index < -0.39 is 33.9 Å². The summed E-state index contributed by atoms with van der Waals surface area (Å²) in [6, 6.07) is 20.2. The molecule has 1 heterocycles. The van der Waals surface area contributed by atoms with Crippen LogP contribution >= 0.6 is 0 Å². The van der Waals surface area contributed by atoms with Gasteiger partial charge in [0, 0.05) is 17.7 Å². The number of nitrogens with two attached hydrogens (primary N) is 1. The van der Waals surface area contributed by atoms with E-state index in [4.69, 9.17) is 15.2 Å². The van der Waals surface area contributed by atoms with Crippen molar-refractivity contribution in [3.05, 3.63) is 89.6 Å². The molecule has 2 aromatic carbocycles. The molecule has 0 saturated heterocycles. The summed E-state index contributed by atoms with van der Waals surface area (Å²) in [5.41, 5.74) is 6.42. The van der Waals surface area contributed by atoms with Crippen molar-refractivity contribution in [1.29, 1.82) is 0 Å². The van der Waals surface area contributed by atoms with Gasteiger partial charge in [0.05, 0.1) is 13.2 Å². The van der Waals surface area contributed by atoms with Crippen LogP contribution in [0.15, 0.2) is 77.3 Å². The number of pyridine rings is 1. The number of rotatable bonds is 10. The molecular formula is C27H30N4O6S. The monoisotopic (exact) mass is 538 g/mol. The topological polar surface area (TPSA) is 141 Å². The zero-order chi connectivity index (χ0) is 27.7. The van der Waals surface area contributed by atoms with Crippen LogP contribution in [0.3, 0.4) is 0 Å². The molecular weight excluding hydrogens is 508 g/mol. The van der Waals surface area contributed by atoms with Gasteiger partial charge in [0.15, 0.2) is 0 Å². The molecule has 1 atom stereocenters. The number of nitrogens with zero attached hydrogens (tertiary/aromatic N) is 3. The first-order valence-electron chi connectivity index (χ1n) is 11.9. The second kappa shape index (κ2) is 12.8. The zero-order valence-corrected chi connectivity index (χ0v) is 22.2. The minimum atomic E-state index is -2.94. The van der Waals surface area contributed by atoms with Crippen molar-refractivity contribution >= 4 is 28.2 Å². The lowest BCUT2D eigenvalue weighted by molar-refractivity contribution is -0.157. The van der Waals surface area contributed by atoms with Gasteiger partial charge in [-0.25, -0.2) is 9.99 Å². The minimum Gasteiger partial charge on any atom is -0.493 e. The smallest absolute Gasteiger partial charge is 0.333 e. The molecule has 0 aliphatic heterocycles. The van der Waals surface area contributed by atoms with Crippen LogP contribution < -0.4 is 10.5 Å². The highest BCUT2D eigenvalue weighted by molar-refractivity contribution is 7.61. The van der Waals surface area contributed by atoms with Crippen LogP contribution in [0.1, 0.15) is 48.3 Å². The van der Waals surface area contributed by atoms with Crippen LogP contribution in [0.25, 0.3) is 0 Å². The van der Waals surface area contributed by atoms with Gasteiger partial charge >= 0.3 is 16.5 Å². The van der Waals surface area contributed by atoms with Crippen LogP contribution in [-0.4, -0.2) is 49.0 Å². The standard InChI is InChI=1S/C27H30N4O6S/c1-27(2,3)37-26(33)23(19-8-5-4-6-9-19)18-31(30-38(34)35)25(32)20-12-14-22(15-13-20)36-17-16-21-10-7-11-24(28)29-21/h4-15,23H,16-18H2,1-3H3,(H2,28,29)/t23-/m1/s1. The van der Waals surface area contributed by atoms with Gasteiger partial charge in [-0.15, -0.1) is 0 Å². The number of hydrogen-bond donors (Lipinski definition) is 1. The van der Waals surface area contributed by atoms with Crippen LogP contribution in [0.2, 0.25) is 0 Å². The van der Waals surface area contributed by atoms with E-state index >= 15 is 0 Å². The van der Waals surface area contributed by atoms with Crippen molar-refractivity contribution < 1.29 is 27.5 Å². The van der Waals surface area contributed by atoms with Crippen molar-refractivity contribution in [1.82, 2.24) is 9.99 Å². The van der Waals surface area contributed by atoms with E-state index in [9.17, 15) is 18.0 Å². The molecule has 0 bridgehead atoms. The fraction of sp³-hybridized carbons (Fsp3) is 0.296. The number of anilines is 1. The van der Waals surface area contributed by atoms with Crippen molar-refractivity contribution in [2.45, 2.75) is 38.7 Å². The Hall–Kier alpha value is -4.25. The van der Waals surface area contributed by atoms with Gasteiger partial charge in [-0.05, 0) is 67.2 Å². The van der Waals surface area contributed by atoms with Crippen molar-refractivity contribution in [2.75, 3.05) is 18.9 Å². The summed E-state index contributed by atoms with van der Waals surface area (Å²) in [4.78, 5) is 30.5. The third-order valence-corrected chi connectivity index (χ3v) is 5.54. The molecule has 0 spiro atoms. The number of esters is 1. The predicted octanol–water partition coefficient (Wildman–Crippen LogP) is 3.83. The molecule has 3 aromatic rings. The van der Waals surface area contributed by atoms with Gasteiger partial charge in [0.25, 0.3) is 5.91 Å². The fourth-order valence-electron chi connectivity index (χ4n) is 3.53. The van der Waals surface area contributed by atoms with E-state index in [1.165, 1.54) is 12.1 Å². The van der Waals surface area contributed by atoms with Crippen LogP contribution in [0.4, 0.5) is 5.82 Å². The molecule has 2 N–H and O–H groups in total. The first kappa shape index (κ1) is 28.3. The molecule has 0 aliphatic rings. The average molecular weight is 539 g/mol. The van der Waals surface area contributed by atoms with Crippen LogP contribution in [-0.2, 0) is 26.5 Å².